The van der Waals surface area contributed by atoms with Crippen LogP contribution in [0.15, 0.2) is 36.4 Å². The van der Waals surface area contributed by atoms with Crippen molar-refractivity contribution in [3.8, 4) is 11.5 Å². The maximum absolute atomic E-state index is 13.5. The van der Waals surface area contributed by atoms with Crippen LogP contribution in [0.4, 0.5) is 4.39 Å². The van der Waals surface area contributed by atoms with E-state index in [9.17, 15) is 14.6 Å². The molecular formula is C23H26FNO4. The molecule has 0 bridgehead atoms. The predicted molar refractivity (Wildman–Crippen MR) is 106 cm³/mol. The Labute approximate surface area is 169 Å². The summed E-state index contributed by atoms with van der Waals surface area (Å²) < 4.78 is 25.3. The van der Waals surface area contributed by atoms with Crippen LogP contribution < -0.4 is 9.47 Å². The molecule has 2 aromatic carbocycles. The number of hydrogen-bond donors (Lipinski definition) is 2. The van der Waals surface area contributed by atoms with Crippen LogP contribution in [0.3, 0.4) is 0 Å². The Morgan fingerprint density at radius 3 is 2.76 bits per heavy atom. The van der Waals surface area contributed by atoms with Gasteiger partial charge in [0.25, 0.3) is 0 Å². The Balaban J connectivity index is 1.22. The fraction of sp³-hybridized carbons (Fsp3) is 0.478. The summed E-state index contributed by atoms with van der Waals surface area (Å²) in [5.74, 6) is 1.15. The Morgan fingerprint density at radius 2 is 1.93 bits per heavy atom. The molecule has 3 aliphatic rings. The third-order valence-corrected chi connectivity index (χ3v) is 6.52. The van der Waals surface area contributed by atoms with Crippen LogP contribution in [0.5, 0.6) is 11.5 Å². The number of rotatable bonds is 3. The molecule has 1 spiro atoms. The molecule has 154 valence electrons. The predicted octanol–water partition coefficient (Wildman–Crippen LogP) is 3.14. The van der Waals surface area contributed by atoms with Gasteiger partial charge in [-0.1, -0.05) is 6.07 Å². The minimum atomic E-state index is -0.708. The van der Waals surface area contributed by atoms with Crippen molar-refractivity contribution in [2.24, 2.45) is 0 Å². The third kappa shape index (κ3) is 3.61. The van der Waals surface area contributed by atoms with Crippen molar-refractivity contribution in [2.45, 2.75) is 43.5 Å². The first-order chi connectivity index (χ1) is 14.0. The lowest BCUT2D eigenvalue weighted by Crippen LogP contribution is -2.51. The molecule has 5 nitrogen and oxygen atoms in total. The molecule has 5 rings (SSSR count). The number of aliphatic hydroxyl groups is 2. The largest absolute Gasteiger partial charge is 0.493 e. The van der Waals surface area contributed by atoms with Gasteiger partial charge in [0.15, 0.2) is 0 Å². The van der Waals surface area contributed by atoms with Gasteiger partial charge in [0, 0.05) is 38.0 Å². The highest BCUT2D eigenvalue weighted by atomic mass is 19.1. The zero-order valence-electron chi connectivity index (χ0n) is 16.3. The molecule has 0 radical (unpaired) electrons. The molecule has 1 fully saturated rings. The van der Waals surface area contributed by atoms with Crippen LogP contribution in [0.25, 0.3) is 0 Å². The first-order valence-electron chi connectivity index (χ1n) is 10.3. The van der Waals surface area contributed by atoms with Crippen LogP contribution in [0.1, 0.15) is 48.2 Å². The standard InChI is InChI=1S/C23H26FNO4/c24-17-2-4-22-18(12-17)19(26)13-23(29-22)6-8-25(9-7-23)14-20(27)15-1-3-21-16(11-15)5-10-28-21/h1-4,11-12,19-20,26-27H,5-10,13-14H2/t19-,20-/m1/s1. The van der Waals surface area contributed by atoms with E-state index in [2.05, 4.69) is 11.0 Å². The molecule has 3 aliphatic heterocycles. The third-order valence-electron chi connectivity index (χ3n) is 6.52. The molecule has 0 saturated carbocycles. The van der Waals surface area contributed by atoms with Crippen molar-refractivity contribution in [3.05, 3.63) is 58.9 Å². The maximum atomic E-state index is 13.5. The summed E-state index contributed by atoms with van der Waals surface area (Å²) in [6, 6.07) is 10.3. The Morgan fingerprint density at radius 1 is 1.14 bits per heavy atom. The maximum Gasteiger partial charge on any atom is 0.126 e. The summed E-state index contributed by atoms with van der Waals surface area (Å²) >= 11 is 0. The van der Waals surface area contributed by atoms with Crippen LogP contribution in [-0.2, 0) is 6.42 Å². The van der Waals surface area contributed by atoms with Crippen LogP contribution in [0, 0.1) is 5.82 Å². The zero-order chi connectivity index (χ0) is 20.0. The summed E-state index contributed by atoms with van der Waals surface area (Å²) in [6.07, 6.45) is 1.66. The smallest absolute Gasteiger partial charge is 0.126 e. The van der Waals surface area contributed by atoms with E-state index in [4.69, 9.17) is 9.47 Å². The molecular weight excluding hydrogens is 373 g/mol. The average molecular weight is 399 g/mol. The van der Waals surface area contributed by atoms with Crippen LogP contribution in [0.2, 0.25) is 0 Å². The number of β-amino-alcohol motifs (C(OH)–C–C–N with tert-alkyl or cyclic N) is 1. The van der Waals surface area contributed by atoms with Crippen LogP contribution in [-0.4, -0.2) is 47.0 Å². The number of nitrogens with zero attached hydrogens (tertiary/aromatic N) is 1. The Hall–Kier alpha value is -2.15. The Kier molecular flexibility index (Phi) is 4.73. The second kappa shape index (κ2) is 7.27. The van der Waals surface area contributed by atoms with Crippen molar-refractivity contribution in [2.75, 3.05) is 26.2 Å². The normalized spacial score (nSPS) is 23.8. The zero-order valence-corrected chi connectivity index (χ0v) is 16.3. The topological polar surface area (TPSA) is 62.2 Å². The minimum absolute atomic E-state index is 0.357. The van der Waals surface area contributed by atoms with Gasteiger partial charge < -0.3 is 24.6 Å². The second-order valence-corrected chi connectivity index (χ2v) is 8.47. The Bertz CT molecular complexity index is 910. The molecule has 0 amide bonds. The van der Waals surface area contributed by atoms with Gasteiger partial charge in [0.2, 0.25) is 0 Å². The molecule has 2 N–H and O–H groups in total. The monoisotopic (exact) mass is 399 g/mol. The SMILES string of the molecule is O[C@H](CN1CCC2(CC1)C[C@@H](O)c1cc(F)ccc1O2)c1ccc2c(c1)CCO2. The molecule has 2 aromatic rings. The van der Waals surface area contributed by atoms with Gasteiger partial charge in [0.1, 0.15) is 22.9 Å². The van der Waals surface area contributed by atoms with E-state index in [-0.39, 0.29) is 5.82 Å². The van der Waals surface area contributed by atoms with Gasteiger partial charge in [-0.25, -0.2) is 4.39 Å². The lowest BCUT2D eigenvalue weighted by molar-refractivity contribution is -0.0589. The quantitative estimate of drug-likeness (QED) is 0.830. The van der Waals surface area contributed by atoms with Gasteiger partial charge in [-0.15, -0.1) is 0 Å². The van der Waals surface area contributed by atoms with E-state index in [0.29, 0.717) is 30.9 Å². The number of benzene rings is 2. The molecule has 29 heavy (non-hydrogen) atoms. The van der Waals surface area contributed by atoms with Gasteiger partial charge >= 0.3 is 0 Å². The molecule has 2 atom stereocenters. The molecule has 6 heteroatoms. The van der Waals surface area contributed by atoms with Crippen molar-refractivity contribution in [1.29, 1.82) is 0 Å². The number of hydrogen-bond acceptors (Lipinski definition) is 5. The first-order valence-corrected chi connectivity index (χ1v) is 10.3. The molecule has 0 aromatic heterocycles. The fourth-order valence-corrected chi connectivity index (χ4v) is 4.82. The second-order valence-electron chi connectivity index (χ2n) is 8.47. The number of ether oxygens (including phenoxy) is 2. The number of halogens is 1. The summed E-state index contributed by atoms with van der Waals surface area (Å²) in [6.45, 7) is 2.85. The van der Waals surface area contributed by atoms with Gasteiger partial charge in [-0.05, 0) is 54.3 Å². The number of aliphatic hydroxyl groups excluding tert-OH is 2. The summed E-state index contributed by atoms with van der Waals surface area (Å²) in [7, 11) is 0. The fourth-order valence-electron chi connectivity index (χ4n) is 4.82. The van der Waals surface area contributed by atoms with Crippen molar-refractivity contribution in [3.63, 3.8) is 0 Å². The highest BCUT2D eigenvalue weighted by Gasteiger charge is 2.43. The van der Waals surface area contributed by atoms with E-state index in [1.54, 1.807) is 6.07 Å². The van der Waals surface area contributed by atoms with Crippen molar-refractivity contribution in [1.82, 2.24) is 4.90 Å². The van der Waals surface area contributed by atoms with Crippen LogP contribution >= 0.6 is 0 Å². The molecule has 1 saturated heterocycles. The lowest BCUT2D eigenvalue weighted by atomic mass is 9.81. The van der Waals surface area contributed by atoms with Crippen molar-refractivity contribution < 1.29 is 24.1 Å². The van der Waals surface area contributed by atoms with Gasteiger partial charge in [-0.3, -0.25) is 0 Å². The number of fused-ring (bicyclic) bond motifs is 2. The van der Waals surface area contributed by atoms with E-state index < -0.39 is 17.8 Å². The molecule has 3 heterocycles. The van der Waals surface area contributed by atoms with Crippen molar-refractivity contribution >= 4 is 0 Å². The van der Waals surface area contributed by atoms with E-state index in [0.717, 1.165) is 43.7 Å². The highest BCUT2D eigenvalue weighted by Crippen LogP contribution is 2.44. The number of likely N-dealkylation sites (tertiary alicyclic amines) is 1. The molecule has 0 aliphatic carbocycles. The lowest BCUT2D eigenvalue weighted by Gasteiger charge is -2.46. The van der Waals surface area contributed by atoms with E-state index in [1.807, 2.05) is 12.1 Å². The average Bonchev–Trinajstić information content (AvgIpc) is 3.18. The van der Waals surface area contributed by atoms with E-state index in [1.165, 1.54) is 17.7 Å². The summed E-state index contributed by atoms with van der Waals surface area (Å²) in [5, 5.41) is 21.2. The summed E-state index contributed by atoms with van der Waals surface area (Å²) in [4.78, 5) is 2.25. The highest BCUT2D eigenvalue weighted by molar-refractivity contribution is 5.41. The van der Waals surface area contributed by atoms with Gasteiger partial charge in [-0.2, -0.15) is 0 Å². The van der Waals surface area contributed by atoms with E-state index >= 15 is 0 Å². The number of piperidine rings is 1. The molecule has 0 unspecified atom stereocenters. The van der Waals surface area contributed by atoms with Gasteiger partial charge in [0.05, 0.1) is 18.8 Å². The minimum Gasteiger partial charge on any atom is -0.493 e. The first kappa shape index (κ1) is 18.9. The summed E-state index contributed by atoms with van der Waals surface area (Å²) in [5.41, 5.74) is 2.21.